The Balaban J connectivity index is 1.84. The van der Waals surface area contributed by atoms with Gasteiger partial charge in [0.05, 0.1) is 12.6 Å². The van der Waals surface area contributed by atoms with E-state index in [9.17, 15) is 0 Å². The first-order valence-corrected chi connectivity index (χ1v) is 7.46. The maximum absolute atomic E-state index is 5.62. The standard InChI is InChI=1S/C14H22N2OS/c1-9(2)7-12-8-15-14(18-12)16-11(4)13-6-5-10(3)17-13/h5-6,9,11-12H,7-8H2,1-4H3,(H,15,16). The van der Waals surface area contributed by atoms with Crippen LogP contribution >= 0.6 is 11.8 Å². The number of nitrogens with one attached hydrogen (secondary N) is 1. The molecule has 3 nitrogen and oxygen atoms in total. The van der Waals surface area contributed by atoms with E-state index in [0.29, 0.717) is 5.25 Å². The lowest BCUT2D eigenvalue weighted by atomic mass is 10.1. The van der Waals surface area contributed by atoms with E-state index in [1.807, 2.05) is 30.8 Å². The second kappa shape index (κ2) is 5.83. The minimum atomic E-state index is 0.183. The number of nitrogens with zero attached hydrogens (tertiary/aromatic N) is 1. The Labute approximate surface area is 113 Å². The van der Waals surface area contributed by atoms with Crippen LogP contribution in [0, 0.1) is 12.8 Å². The predicted molar refractivity (Wildman–Crippen MR) is 78.1 cm³/mol. The van der Waals surface area contributed by atoms with E-state index in [4.69, 9.17) is 4.42 Å². The second-order valence-electron chi connectivity index (χ2n) is 5.33. The zero-order chi connectivity index (χ0) is 13.1. The van der Waals surface area contributed by atoms with Crippen LogP contribution in [0.2, 0.25) is 0 Å². The quantitative estimate of drug-likeness (QED) is 0.901. The fraction of sp³-hybridized carbons (Fsp3) is 0.643. The van der Waals surface area contributed by atoms with Crippen LogP contribution < -0.4 is 5.32 Å². The molecule has 2 atom stereocenters. The molecule has 1 aromatic heterocycles. The molecule has 0 spiro atoms. The van der Waals surface area contributed by atoms with Gasteiger partial charge in [0.25, 0.3) is 0 Å². The lowest BCUT2D eigenvalue weighted by Gasteiger charge is -2.14. The van der Waals surface area contributed by atoms with Crippen molar-refractivity contribution >= 4 is 16.9 Å². The van der Waals surface area contributed by atoms with Crippen molar-refractivity contribution in [2.75, 3.05) is 6.54 Å². The van der Waals surface area contributed by atoms with E-state index in [2.05, 4.69) is 31.1 Å². The summed E-state index contributed by atoms with van der Waals surface area (Å²) < 4.78 is 5.62. The van der Waals surface area contributed by atoms with Gasteiger partial charge in [-0.05, 0) is 38.3 Å². The molecule has 1 N–H and O–H groups in total. The molecule has 2 unspecified atom stereocenters. The average Bonchev–Trinajstić information content (AvgIpc) is 2.87. The van der Waals surface area contributed by atoms with Crippen LogP contribution in [0.4, 0.5) is 0 Å². The summed E-state index contributed by atoms with van der Waals surface area (Å²) in [6.45, 7) is 9.55. The molecular formula is C14H22N2OS. The minimum Gasteiger partial charge on any atom is -0.464 e. The van der Waals surface area contributed by atoms with Crippen LogP contribution in [0.25, 0.3) is 0 Å². The van der Waals surface area contributed by atoms with Gasteiger partial charge in [-0.2, -0.15) is 0 Å². The molecule has 2 heterocycles. The summed E-state index contributed by atoms with van der Waals surface area (Å²) in [5.41, 5.74) is 0. The van der Waals surface area contributed by atoms with Gasteiger partial charge in [-0.15, -0.1) is 0 Å². The van der Waals surface area contributed by atoms with Gasteiger partial charge in [0.2, 0.25) is 0 Å². The highest BCUT2D eigenvalue weighted by atomic mass is 32.2. The van der Waals surface area contributed by atoms with Crippen LogP contribution in [0.5, 0.6) is 0 Å². The summed E-state index contributed by atoms with van der Waals surface area (Å²) in [6, 6.07) is 4.21. The Morgan fingerprint density at radius 3 is 2.83 bits per heavy atom. The Bertz CT molecular complexity index is 425. The molecule has 0 fully saturated rings. The number of aliphatic imine (C=N–C) groups is 1. The van der Waals surface area contributed by atoms with Crippen molar-refractivity contribution < 1.29 is 4.42 Å². The van der Waals surface area contributed by atoms with Crippen molar-refractivity contribution in [3.8, 4) is 0 Å². The van der Waals surface area contributed by atoms with E-state index in [1.165, 1.54) is 6.42 Å². The fourth-order valence-corrected chi connectivity index (χ4v) is 3.43. The van der Waals surface area contributed by atoms with Crippen LogP contribution in [0.1, 0.15) is 44.8 Å². The van der Waals surface area contributed by atoms with Crippen molar-refractivity contribution in [2.45, 2.75) is 45.4 Å². The highest BCUT2D eigenvalue weighted by molar-refractivity contribution is 8.14. The summed E-state index contributed by atoms with van der Waals surface area (Å²) in [7, 11) is 0. The monoisotopic (exact) mass is 266 g/mol. The van der Waals surface area contributed by atoms with Crippen LogP contribution in [0.3, 0.4) is 0 Å². The van der Waals surface area contributed by atoms with Crippen molar-refractivity contribution in [2.24, 2.45) is 10.9 Å². The molecule has 2 rings (SSSR count). The minimum absolute atomic E-state index is 0.183. The van der Waals surface area contributed by atoms with E-state index >= 15 is 0 Å². The zero-order valence-corrected chi connectivity index (χ0v) is 12.4. The maximum atomic E-state index is 5.62. The summed E-state index contributed by atoms with van der Waals surface area (Å²) in [4.78, 5) is 4.57. The van der Waals surface area contributed by atoms with E-state index in [1.54, 1.807) is 0 Å². The van der Waals surface area contributed by atoms with Crippen molar-refractivity contribution in [3.63, 3.8) is 0 Å². The van der Waals surface area contributed by atoms with E-state index in [-0.39, 0.29) is 6.04 Å². The number of hydrogen-bond donors (Lipinski definition) is 1. The molecule has 1 aliphatic rings. The molecule has 18 heavy (non-hydrogen) atoms. The number of thioether (sulfide) groups is 1. The van der Waals surface area contributed by atoms with Crippen molar-refractivity contribution in [1.82, 2.24) is 5.32 Å². The van der Waals surface area contributed by atoms with Gasteiger partial charge in [0.1, 0.15) is 11.5 Å². The van der Waals surface area contributed by atoms with Crippen molar-refractivity contribution in [3.05, 3.63) is 23.7 Å². The van der Waals surface area contributed by atoms with Gasteiger partial charge in [-0.25, -0.2) is 0 Å². The first-order chi connectivity index (χ1) is 8.54. The zero-order valence-electron chi connectivity index (χ0n) is 11.6. The fourth-order valence-electron chi connectivity index (χ4n) is 2.09. The Morgan fingerprint density at radius 1 is 1.44 bits per heavy atom. The average molecular weight is 266 g/mol. The lowest BCUT2D eigenvalue weighted by molar-refractivity contribution is 0.444. The topological polar surface area (TPSA) is 37.5 Å². The number of rotatable bonds is 4. The number of aryl methyl sites for hydroxylation is 1. The van der Waals surface area contributed by atoms with Crippen LogP contribution in [-0.4, -0.2) is 17.0 Å². The highest BCUT2D eigenvalue weighted by Gasteiger charge is 2.22. The summed E-state index contributed by atoms with van der Waals surface area (Å²) in [5.74, 6) is 2.67. The highest BCUT2D eigenvalue weighted by Crippen LogP contribution is 2.27. The molecule has 0 amide bonds. The molecule has 0 aromatic carbocycles. The third-order valence-electron chi connectivity index (χ3n) is 2.98. The number of furan rings is 1. The van der Waals surface area contributed by atoms with Crippen LogP contribution in [-0.2, 0) is 0 Å². The van der Waals surface area contributed by atoms with E-state index in [0.717, 1.165) is 29.2 Å². The van der Waals surface area contributed by atoms with Gasteiger partial charge < -0.3 is 9.73 Å². The molecule has 1 aliphatic heterocycles. The second-order valence-corrected chi connectivity index (χ2v) is 6.62. The van der Waals surface area contributed by atoms with Crippen molar-refractivity contribution in [1.29, 1.82) is 0 Å². The lowest BCUT2D eigenvalue weighted by Crippen LogP contribution is -2.23. The maximum Gasteiger partial charge on any atom is 0.157 e. The predicted octanol–water partition coefficient (Wildman–Crippen LogP) is 3.76. The third-order valence-corrected chi connectivity index (χ3v) is 4.12. The smallest absolute Gasteiger partial charge is 0.157 e. The molecule has 0 aliphatic carbocycles. The summed E-state index contributed by atoms with van der Waals surface area (Å²) in [6.07, 6.45) is 1.23. The van der Waals surface area contributed by atoms with Gasteiger partial charge in [-0.3, -0.25) is 4.99 Å². The van der Waals surface area contributed by atoms with Gasteiger partial charge in [0.15, 0.2) is 5.17 Å². The summed E-state index contributed by atoms with van der Waals surface area (Å²) in [5, 5.41) is 5.13. The molecule has 0 saturated carbocycles. The van der Waals surface area contributed by atoms with Gasteiger partial charge >= 0.3 is 0 Å². The Morgan fingerprint density at radius 2 is 2.22 bits per heavy atom. The Hall–Kier alpha value is -0.900. The molecule has 1 aromatic rings. The first-order valence-electron chi connectivity index (χ1n) is 6.58. The van der Waals surface area contributed by atoms with E-state index < -0.39 is 0 Å². The largest absolute Gasteiger partial charge is 0.464 e. The molecular weight excluding hydrogens is 244 g/mol. The molecule has 4 heteroatoms. The van der Waals surface area contributed by atoms with Gasteiger partial charge in [-0.1, -0.05) is 25.6 Å². The molecule has 0 radical (unpaired) electrons. The number of amidine groups is 1. The van der Waals surface area contributed by atoms with Gasteiger partial charge in [0, 0.05) is 5.25 Å². The summed E-state index contributed by atoms with van der Waals surface area (Å²) >= 11 is 1.87. The Kier molecular flexibility index (Phi) is 4.38. The normalized spacial score (nSPS) is 21.2. The first kappa shape index (κ1) is 13.5. The SMILES string of the molecule is Cc1ccc(C(C)NC2=NCC(CC(C)C)S2)o1. The molecule has 0 bridgehead atoms. The third kappa shape index (κ3) is 3.55. The van der Waals surface area contributed by atoms with Crippen LogP contribution in [0.15, 0.2) is 21.5 Å². The number of hydrogen-bond acceptors (Lipinski definition) is 4. The molecule has 100 valence electrons. The molecule has 0 saturated heterocycles.